The van der Waals surface area contributed by atoms with Crippen molar-refractivity contribution in [3.05, 3.63) is 35.9 Å². The monoisotopic (exact) mass is 390 g/mol. The minimum absolute atomic E-state index is 0.178. The van der Waals surface area contributed by atoms with E-state index in [2.05, 4.69) is 0 Å². The van der Waals surface area contributed by atoms with Gasteiger partial charge < -0.3 is 24.0 Å². The van der Waals surface area contributed by atoms with Gasteiger partial charge in [-0.25, -0.2) is 9.59 Å². The van der Waals surface area contributed by atoms with Gasteiger partial charge in [-0.1, -0.05) is 30.3 Å². The van der Waals surface area contributed by atoms with E-state index in [4.69, 9.17) is 14.2 Å². The van der Waals surface area contributed by atoms with Crippen LogP contribution in [0.4, 0.5) is 9.59 Å². The number of hydrogen-bond donors (Lipinski definition) is 0. The highest BCUT2D eigenvalue weighted by Crippen LogP contribution is 2.38. The molecule has 0 saturated carbocycles. The first kappa shape index (κ1) is 20.5. The molecule has 1 aromatic rings. The highest BCUT2D eigenvalue weighted by molar-refractivity contribution is 5.70. The summed E-state index contributed by atoms with van der Waals surface area (Å²) in [5, 5.41) is 0. The molecule has 1 aromatic carbocycles. The molecule has 2 aliphatic heterocycles. The van der Waals surface area contributed by atoms with Crippen LogP contribution in [-0.2, 0) is 20.8 Å². The number of methoxy groups -OCH3 is 1. The van der Waals surface area contributed by atoms with Crippen molar-refractivity contribution in [1.29, 1.82) is 0 Å². The van der Waals surface area contributed by atoms with Crippen LogP contribution in [0.5, 0.6) is 0 Å². The van der Waals surface area contributed by atoms with E-state index >= 15 is 0 Å². The molecule has 2 heterocycles. The quantitative estimate of drug-likeness (QED) is 0.789. The minimum Gasteiger partial charge on any atom is -0.445 e. The lowest BCUT2D eigenvalue weighted by Crippen LogP contribution is -2.61. The lowest BCUT2D eigenvalue weighted by molar-refractivity contribution is -0.102. The van der Waals surface area contributed by atoms with E-state index in [1.807, 2.05) is 51.1 Å². The lowest BCUT2D eigenvalue weighted by Gasteiger charge is -2.47. The van der Waals surface area contributed by atoms with Gasteiger partial charge in [-0.3, -0.25) is 0 Å². The van der Waals surface area contributed by atoms with Crippen LogP contribution in [0.25, 0.3) is 0 Å². The first-order valence-electron chi connectivity index (χ1n) is 9.71. The molecule has 1 atom stereocenters. The van der Waals surface area contributed by atoms with Crippen LogP contribution < -0.4 is 0 Å². The summed E-state index contributed by atoms with van der Waals surface area (Å²) < 4.78 is 16.7. The molecule has 1 unspecified atom stereocenters. The van der Waals surface area contributed by atoms with Crippen LogP contribution in [0.1, 0.15) is 32.8 Å². The Bertz CT molecular complexity index is 696. The fourth-order valence-electron chi connectivity index (χ4n) is 3.73. The summed E-state index contributed by atoms with van der Waals surface area (Å²) in [7, 11) is 1.68. The molecule has 0 spiro atoms. The molecular formula is C21H30N2O5. The normalized spacial score (nSPS) is 22.7. The Labute approximate surface area is 166 Å². The van der Waals surface area contributed by atoms with Crippen molar-refractivity contribution in [2.45, 2.75) is 45.0 Å². The highest BCUT2D eigenvalue weighted by Gasteiger charge is 2.52. The molecule has 2 saturated heterocycles. The molecular weight excluding hydrogens is 360 g/mol. The third-order valence-corrected chi connectivity index (χ3v) is 5.41. The average Bonchev–Trinajstić information content (AvgIpc) is 3.03. The van der Waals surface area contributed by atoms with E-state index in [0.717, 1.165) is 12.0 Å². The Morgan fingerprint density at radius 1 is 1.11 bits per heavy atom. The third kappa shape index (κ3) is 4.58. The molecule has 7 nitrogen and oxygen atoms in total. The Kier molecular flexibility index (Phi) is 5.84. The van der Waals surface area contributed by atoms with Crippen LogP contribution in [-0.4, -0.2) is 66.5 Å². The predicted molar refractivity (Wildman–Crippen MR) is 104 cm³/mol. The van der Waals surface area contributed by atoms with Gasteiger partial charge in [-0.05, 0) is 32.8 Å². The van der Waals surface area contributed by atoms with Crippen molar-refractivity contribution >= 4 is 12.2 Å². The van der Waals surface area contributed by atoms with Gasteiger partial charge >= 0.3 is 12.2 Å². The van der Waals surface area contributed by atoms with Gasteiger partial charge in [0.15, 0.2) is 0 Å². The summed E-state index contributed by atoms with van der Waals surface area (Å²) in [4.78, 5) is 28.0. The standard InChI is InChI=1S/C21H30N2O5/c1-20(2,3)28-19(25)23-12-17(13-23)21(26-4)10-11-22(15-21)18(24)27-14-16-8-6-5-7-9-16/h5-9,17H,10-15H2,1-4H3. The van der Waals surface area contributed by atoms with Crippen molar-refractivity contribution in [2.75, 3.05) is 33.3 Å². The molecule has 154 valence electrons. The maximum atomic E-state index is 12.4. The van der Waals surface area contributed by atoms with Crippen molar-refractivity contribution < 1.29 is 23.8 Å². The highest BCUT2D eigenvalue weighted by atomic mass is 16.6. The van der Waals surface area contributed by atoms with E-state index < -0.39 is 11.2 Å². The molecule has 0 radical (unpaired) electrons. The average molecular weight is 390 g/mol. The van der Waals surface area contributed by atoms with E-state index in [-0.39, 0.29) is 24.7 Å². The Hall–Kier alpha value is -2.28. The van der Waals surface area contributed by atoms with Crippen LogP contribution in [0, 0.1) is 5.92 Å². The van der Waals surface area contributed by atoms with Gasteiger partial charge in [0.2, 0.25) is 0 Å². The molecule has 2 amide bonds. The summed E-state index contributed by atoms with van der Waals surface area (Å²) in [5.41, 5.74) is 0.0120. The topological polar surface area (TPSA) is 68.3 Å². The van der Waals surface area contributed by atoms with Gasteiger partial charge in [0.05, 0.1) is 12.1 Å². The Morgan fingerprint density at radius 2 is 1.79 bits per heavy atom. The second-order valence-electron chi connectivity index (χ2n) is 8.56. The number of carbonyl (C=O) groups excluding carboxylic acids is 2. The number of rotatable bonds is 4. The molecule has 0 bridgehead atoms. The third-order valence-electron chi connectivity index (χ3n) is 5.41. The number of amides is 2. The summed E-state index contributed by atoms with van der Waals surface area (Å²) in [6.07, 6.45) is 0.106. The first-order valence-corrected chi connectivity index (χ1v) is 9.71. The maximum absolute atomic E-state index is 12.4. The molecule has 2 aliphatic rings. The van der Waals surface area contributed by atoms with Crippen LogP contribution in [0.15, 0.2) is 30.3 Å². The molecule has 7 heteroatoms. The van der Waals surface area contributed by atoms with Crippen LogP contribution in [0.3, 0.4) is 0 Å². The molecule has 0 N–H and O–H groups in total. The SMILES string of the molecule is COC1(C2CN(C(=O)OC(C)(C)C)C2)CCN(C(=O)OCc2ccccc2)C1. The van der Waals surface area contributed by atoms with E-state index in [9.17, 15) is 9.59 Å². The minimum atomic E-state index is -0.506. The fourth-order valence-corrected chi connectivity index (χ4v) is 3.73. The largest absolute Gasteiger partial charge is 0.445 e. The van der Waals surface area contributed by atoms with E-state index in [0.29, 0.717) is 26.2 Å². The number of carbonyl (C=O) groups is 2. The first-order chi connectivity index (χ1) is 13.2. The smallest absolute Gasteiger partial charge is 0.410 e. The van der Waals surface area contributed by atoms with Gasteiger partial charge in [0.25, 0.3) is 0 Å². The van der Waals surface area contributed by atoms with E-state index in [1.54, 1.807) is 16.9 Å². The Balaban J connectivity index is 1.50. The molecule has 0 aromatic heterocycles. The van der Waals surface area contributed by atoms with Crippen molar-refractivity contribution in [3.8, 4) is 0 Å². The molecule has 2 fully saturated rings. The molecule has 28 heavy (non-hydrogen) atoms. The lowest BCUT2D eigenvalue weighted by atomic mass is 9.81. The zero-order chi connectivity index (χ0) is 20.4. The van der Waals surface area contributed by atoms with Crippen molar-refractivity contribution in [2.24, 2.45) is 5.92 Å². The summed E-state index contributed by atoms with van der Waals surface area (Å²) in [5.74, 6) is 0.178. The summed E-state index contributed by atoms with van der Waals surface area (Å²) in [6.45, 7) is 8.05. The fraction of sp³-hybridized carbons (Fsp3) is 0.619. The number of nitrogens with zero attached hydrogens (tertiary/aromatic N) is 2. The second-order valence-corrected chi connectivity index (χ2v) is 8.56. The Morgan fingerprint density at radius 3 is 2.39 bits per heavy atom. The van der Waals surface area contributed by atoms with Gasteiger partial charge in [-0.15, -0.1) is 0 Å². The summed E-state index contributed by atoms with van der Waals surface area (Å²) >= 11 is 0. The molecule has 3 rings (SSSR count). The van der Waals surface area contributed by atoms with Gasteiger partial charge in [0.1, 0.15) is 12.2 Å². The molecule has 0 aliphatic carbocycles. The number of ether oxygens (including phenoxy) is 3. The zero-order valence-electron chi connectivity index (χ0n) is 17.1. The van der Waals surface area contributed by atoms with Crippen molar-refractivity contribution in [1.82, 2.24) is 9.80 Å². The van der Waals surface area contributed by atoms with Crippen LogP contribution in [0.2, 0.25) is 0 Å². The van der Waals surface area contributed by atoms with E-state index in [1.165, 1.54) is 0 Å². The number of hydrogen-bond acceptors (Lipinski definition) is 5. The zero-order valence-corrected chi connectivity index (χ0v) is 17.1. The van der Waals surface area contributed by atoms with Gasteiger partial charge in [-0.2, -0.15) is 0 Å². The second kappa shape index (κ2) is 7.99. The maximum Gasteiger partial charge on any atom is 0.410 e. The van der Waals surface area contributed by atoms with Crippen molar-refractivity contribution in [3.63, 3.8) is 0 Å². The number of benzene rings is 1. The van der Waals surface area contributed by atoms with Crippen LogP contribution >= 0.6 is 0 Å². The summed E-state index contributed by atoms with van der Waals surface area (Å²) in [6, 6.07) is 9.62. The van der Waals surface area contributed by atoms with Gasteiger partial charge in [0, 0.05) is 32.7 Å². The number of likely N-dealkylation sites (tertiary alicyclic amines) is 2. The predicted octanol–water partition coefficient (Wildman–Crippen LogP) is 3.28.